The van der Waals surface area contributed by atoms with Crippen molar-refractivity contribution in [2.45, 2.75) is 0 Å². The number of nitrogens with two attached hydrogens (primary N) is 1. The number of amides is 1. The largest absolute Gasteiger partial charge is 0.480 e. The van der Waals surface area contributed by atoms with Gasteiger partial charge in [-0.2, -0.15) is 0 Å². The van der Waals surface area contributed by atoms with E-state index < -0.39 is 11.9 Å². The standard InChI is InChI=1S/C10H11N3O3/c11-9(10(12)16)6-3-1-2-4-7(6)13-5-8(14)15/h1-4,11,13H,5H2,(H2,12,16)(H,14,15). The molecule has 0 radical (unpaired) electrons. The van der Waals surface area contributed by atoms with Crippen LogP contribution in [0.5, 0.6) is 0 Å². The first-order chi connectivity index (χ1) is 7.52. The molecule has 1 amide bonds. The summed E-state index contributed by atoms with van der Waals surface area (Å²) in [5.41, 5.74) is 5.32. The molecule has 0 aliphatic heterocycles. The van der Waals surface area contributed by atoms with Crippen LogP contribution in [0, 0.1) is 5.41 Å². The number of aliphatic carboxylic acids is 1. The molecule has 0 saturated heterocycles. The van der Waals surface area contributed by atoms with Crippen LogP contribution in [-0.4, -0.2) is 29.2 Å². The lowest BCUT2D eigenvalue weighted by molar-refractivity contribution is -0.134. The fraction of sp³-hybridized carbons (Fsp3) is 0.100. The predicted molar refractivity (Wildman–Crippen MR) is 58.6 cm³/mol. The highest BCUT2D eigenvalue weighted by molar-refractivity contribution is 6.44. The Bertz CT molecular complexity index is 443. The van der Waals surface area contributed by atoms with Crippen molar-refractivity contribution < 1.29 is 14.7 Å². The summed E-state index contributed by atoms with van der Waals surface area (Å²) in [5.74, 6) is -1.88. The molecule has 0 aromatic heterocycles. The first-order valence-corrected chi connectivity index (χ1v) is 4.45. The fourth-order valence-electron chi connectivity index (χ4n) is 1.16. The number of carbonyl (C=O) groups excluding carboxylic acids is 1. The van der Waals surface area contributed by atoms with E-state index >= 15 is 0 Å². The van der Waals surface area contributed by atoms with E-state index in [-0.39, 0.29) is 17.8 Å². The van der Waals surface area contributed by atoms with E-state index in [2.05, 4.69) is 5.32 Å². The highest BCUT2D eigenvalue weighted by atomic mass is 16.4. The van der Waals surface area contributed by atoms with Gasteiger partial charge in [0.05, 0.1) is 0 Å². The fourth-order valence-corrected chi connectivity index (χ4v) is 1.16. The van der Waals surface area contributed by atoms with Gasteiger partial charge in [-0.3, -0.25) is 15.0 Å². The van der Waals surface area contributed by atoms with Crippen molar-refractivity contribution >= 4 is 23.3 Å². The molecule has 0 unspecified atom stereocenters. The zero-order valence-corrected chi connectivity index (χ0v) is 8.36. The van der Waals surface area contributed by atoms with Crippen molar-refractivity contribution in [1.29, 1.82) is 5.41 Å². The average Bonchev–Trinajstić information content (AvgIpc) is 2.25. The van der Waals surface area contributed by atoms with Crippen molar-refractivity contribution in [2.24, 2.45) is 5.73 Å². The summed E-state index contributed by atoms with van der Waals surface area (Å²) in [5, 5.41) is 18.6. The number of primary amides is 1. The van der Waals surface area contributed by atoms with Crippen LogP contribution in [0.15, 0.2) is 24.3 Å². The minimum Gasteiger partial charge on any atom is -0.480 e. The van der Waals surface area contributed by atoms with Crippen LogP contribution in [0.3, 0.4) is 0 Å². The number of nitrogens with one attached hydrogen (secondary N) is 2. The third kappa shape index (κ3) is 2.81. The highest BCUT2D eigenvalue weighted by Gasteiger charge is 2.12. The summed E-state index contributed by atoms with van der Waals surface area (Å²) in [6, 6.07) is 6.41. The number of rotatable bonds is 5. The summed E-state index contributed by atoms with van der Waals surface area (Å²) < 4.78 is 0. The van der Waals surface area contributed by atoms with E-state index in [0.29, 0.717) is 5.69 Å². The zero-order chi connectivity index (χ0) is 12.1. The molecular formula is C10H11N3O3. The minimum atomic E-state index is -1.03. The molecule has 6 nitrogen and oxygen atoms in total. The van der Waals surface area contributed by atoms with Gasteiger partial charge in [0.2, 0.25) is 0 Å². The van der Waals surface area contributed by atoms with Crippen LogP contribution in [0.1, 0.15) is 5.56 Å². The van der Waals surface area contributed by atoms with Gasteiger partial charge < -0.3 is 16.2 Å². The quantitative estimate of drug-likeness (QED) is 0.525. The number of carboxylic acid groups (broad SMARTS) is 1. The molecule has 0 spiro atoms. The van der Waals surface area contributed by atoms with Gasteiger partial charge in [0.15, 0.2) is 0 Å². The molecule has 0 bridgehead atoms. The summed E-state index contributed by atoms with van der Waals surface area (Å²) in [6.45, 7) is -0.289. The van der Waals surface area contributed by atoms with Gasteiger partial charge >= 0.3 is 5.97 Å². The Kier molecular flexibility index (Phi) is 3.60. The summed E-state index contributed by atoms with van der Waals surface area (Å²) >= 11 is 0. The molecule has 5 N–H and O–H groups in total. The van der Waals surface area contributed by atoms with E-state index in [1.165, 1.54) is 6.07 Å². The molecule has 84 valence electrons. The van der Waals surface area contributed by atoms with Gasteiger partial charge in [-0.25, -0.2) is 0 Å². The molecule has 1 aromatic carbocycles. The van der Waals surface area contributed by atoms with Crippen LogP contribution in [0.2, 0.25) is 0 Å². The maximum Gasteiger partial charge on any atom is 0.322 e. The highest BCUT2D eigenvalue weighted by Crippen LogP contribution is 2.15. The third-order valence-electron chi connectivity index (χ3n) is 1.87. The van der Waals surface area contributed by atoms with Gasteiger partial charge in [-0.1, -0.05) is 18.2 Å². The number of benzene rings is 1. The molecule has 0 fully saturated rings. The van der Waals surface area contributed by atoms with Crippen LogP contribution in [0.4, 0.5) is 5.69 Å². The Morgan fingerprint density at radius 1 is 1.38 bits per heavy atom. The molecular weight excluding hydrogens is 210 g/mol. The maximum absolute atomic E-state index is 10.8. The predicted octanol–water partition coefficient (Wildman–Crippen LogP) is 0.0363. The number of carbonyl (C=O) groups is 2. The Labute approximate surface area is 91.6 Å². The van der Waals surface area contributed by atoms with E-state index in [1.807, 2.05) is 0 Å². The minimum absolute atomic E-state index is 0.288. The van der Waals surface area contributed by atoms with Gasteiger partial charge in [-0.05, 0) is 6.07 Å². The van der Waals surface area contributed by atoms with Gasteiger partial charge in [0, 0.05) is 11.3 Å². The first-order valence-electron chi connectivity index (χ1n) is 4.45. The van der Waals surface area contributed by atoms with Crippen molar-refractivity contribution in [1.82, 2.24) is 0 Å². The maximum atomic E-state index is 10.8. The zero-order valence-electron chi connectivity index (χ0n) is 8.36. The SMILES string of the molecule is N=C(C(N)=O)c1ccccc1NCC(=O)O. The smallest absolute Gasteiger partial charge is 0.322 e. The van der Waals surface area contributed by atoms with E-state index in [0.717, 1.165) is 0 Å². The Morgan fingerprint density at radius 3 is 2.56 bits per heavy atom. The molecule has 0 aliphatic carbocycles. The van der Waals surface area contributed by atoms with Crippen LogP contribution in [-0.2, 0) is 9.59 Å². The molecule has 0 aliphatic rings. The Morgan fingerprint density at radius 2 is 2.00 bits per heavy atom. The number of hydrogen-bond donors (Lipinski definition) is 4. The molecule has 16 heavy (non-hydrogen) atoms. The van der Waals surface area contributed by atoms with Gasteiger partial charge in [-0.15, -0.1) is 0 Å². The second kappa shape index (κ2) is 4.92. The molecule has 1 aromatic rings. The topological polar surface area (TPSA) is 116 Å². The van der Waals surface area contributed by atoms with E-state index in [9.17, 15) is 9.59 Å². The average molecular weight is 221 g/mol. The van der Waals surface area contributed by atoms with E-state index in [4.69, 9.17) is 16.2 Å². The second-order valence-corrected chi connectivity index (χ2v) is 3.03. The summed E-state index contributed by atoms with van der Waals surface area (Å²) in [4.78, 5) is 21.2. The number of carboxylic acids is 1. The molecule has 1 rings (SSSR count). The first kappa shape index (κ1) is 11.7. The van der Waals surface area contributed by atoms with Crippen LogP contribution < -0.4 is 11.1 Å². The number of anilines is 1. The molecule has 0 saturated carbocycles. The molecule has 6 heteroatoms. The molecule has 0 heterocycles. The van der Waals surface area contributed by atoms with Crippen molar-refractivity contribution in [3.8, 4) is 0 Å². The van der Waals surface area contributed by atoms with E-state index in [1.54, 1.807) is 18.2 Å². The van der Waals surface area contributed by atoms with Gasteiger partial charge in [0.25, 0.3) is 5.91 Å². The van der Waals surface area contributed by atoms with Crippen molar-refractivity contribution in [2.75, 3.05) is 11.9 Å². The third-order valence-corrected chi connectivity index (χ3v) is 1.87. The normalized spacial score (nSPS) is 9.50. The van der Waals surface area contributed by atoms with Crippen LogP contribution in [0.25, 0.3) is 0 Å². The van der Waals surface area contributed by atoms with Gasteiger partial charge in [0.1, 0.15) is 12.3 Å². The lowest BCUT2D eigenvalue weighted by atomic mass is 10.1. The lowest BCUT2D eigenvalue weighted by Gasteiger charge is -2.09. The van der Waals surface area contributed by atoms with Crippen molar-refractivity contribution in [3.05, 3.63) is 29.8 Å². The molecule has 0 atom stereocenters. The summed E-state index contributed by atoms with van der Waals surface area (Å²) in [6.07, 6.45) is 0. The number of para-hydroxylation sites is 1. The number of hydrogen-bond acceptors (Lipinski definition) is 4. The lowest BCUT2D eigenvalue weighted by Crippen LogP contribution is -2.24. The second-order valence-electron chi connectivity index (χ2n) is 3.03. The Hall–Kier alpha value is -2.37. The monoisotopic (exact) mass is 221 g/mol. The summed E-state index contributed by atoms with van der Waals surface area (Å²) in [7, 11) is 0. The van der Waals surface area contributed by atoms with Crippen molar-refractivity contribution in [3.63, 3.8) is 0 Å². The Balaban J connectivity index is 2.96. The van der Waals surface area contributed by atoms with Crippen LogP contribution >= 0.6 is 0 Å².